The van der Waals surface area contributed by atoms with Gasteiger partial charge in [-0.2, -0.15) is 0 Å². The minimum Gasteiger partial charge on any atom is -0.456 e. The van der Waals surface area contributed by atoms with E-state index in [0.29, 0.717) is 12.0 Å². The van der Waals surface area contributed by atoms with Crippen LogP contribution in [0.4, 0.5) is 22.7 Å². The molecule has 2 atom stereocenters. The third kappa shape index (κ3) is 6.40. The number of fused-ring (bicyclic) bond motifs is 12. The number of anilines is 4. The number of hydrogen-bond acceptors (Lipinski definition) is 4. The number of nitrogens with zero attached hydrogens (tertiary/aromatic N) is 2. The van der Waals surface area contributed by atoms with Gasteiger partial charge in [-0.1, -0.05) is 127 Å². The van der Waals surface area contributed by atoms with Crippen molar-refractivity contribution in [2.24, 2.45) is 0 Å². The number of allylic oxidation sites excluding steroid dienone is 1. The van der Waals surface area contributed by atoms with E-state index in [1.165, 1.54) is 61.0 Å². The number of aromatic nitrogens is 1. The Hall–Kier alpha value is -9.06. The standard InChI is InChI=1S/C66H45N3O2/c1-2-12-46(13-3-1)67-58-31-26-44(45-28-33-62-55(38-45)50-15-5-9-19-60(50)69(62)48-30-35-66-57(40-48)52-17-7-11-21-64(52)71-66)36-53(58)42-24-22-41(23-25-42)43-27-32-61-54(37-43)49-14-4-8-18-59(49)68(61)47-29-34-65-56(39-47)51-16-6-10-20-63(51)70-65/h1-8,10-18,20-40,50,60,67H,9,19H2. The molecule has 336 valence electrons. The van der Waals surface area contributed by atoms with E-state index in [1.54, 1.807) is 0 Å². The summed E-state index contributed by atoms with van der Waals surface area (Å²) in [4.78, 5) is 2.59. The lowest BCUT2D eigenvalue weighted by Crippen LogP contribution is -2.30. The molecule has 5 nitrogen and oxygen atoms in total. The molecule has 10 aromatic carbocycles. The molecular formula is C66H45N3O2. The van der Waals surface area contributed by atoms with E-state index in [9.17, 15) is 0 Å². The quantitative estimate of drug-likeness (QED) is 0.162. The fourth-order valence-corrected chi connectivity index (χ4v) is 11.9. The van der Waals surface area contributed by atoms with Gasteiger partial charge in [0.15, 0.2) is 0 Å². The molecule has 13 aromatic rings. The Kier molecular flexibility index (Phi) is 8.84. The lowest BCUT2D eigenvalue weighted by molar-refractivity contribution is 0.565. The van der Waals surface area contributed by atoms with Crippen LogP contribution in [0.15, 0.2) is 239 Å². The van der Waals surface area contributed by atoms with Crippen LogP contribution in [0.2, 0.25) is 0 Å². The van der Waals surface area contributed by atoms with E-state index in [2.05, 4.69) is 227 Å². The second-order valence-electron chi connectivity index (χ2n) is 19.2. The summed E-state index contributed by atoms with van der Waals surface area (Å²) in [6, 6.07) is 79.5. The van der Waals surface area contributed by atoms with Gasteiger partial charge in [-0.05, 0) is 149 Å². The number of benzene rings is 10. The van der Waals surface area contributed by atoms with Crippen LogP contribution >= 0.6 is 0 Å². The molecule has 0 saturated carbocycles. The van der Waals surface area contributed by atoms with Crippen LogP contribution in [0, 0.1) is 0 Å². The second kappa shape index (κ2) is 15.7. The molecule has 0 fully saturated rings. The van der Waals surface area contributed by atoms with Crippen LogP contribution in [0.3, 0.4) is 0 Å². The first kappa shape index (κ1) is 39.9. The molecule has 2 unspecified atom stereocenters. The third-order valence-electron chi connectivity index (χ3n) is 15.2. The maximum Gasteiger partial charge on any atom is 0.135 e. The molecule has 0 bridgehead atoms. The zero-order valence-corrected chi connectivity index (χ0v) is 38.7. The van der Waals surface area contributed by atoms with Crippen LogP contribution in [0.1, 0.15) is 24.3 Å². The molecular weight excluding hydrogens is 867 g/mol. The van der Waals surface area contributed by atoms with Crippen molar-refractivity contribution in [1.29, 1.82) is 0 Å². The van der Waals surface area contributed by atoms with Gasteiger partial charge in [0, 0.05) is 78.3 Å². The highest BCUT2D eigenvalue weighted by Gasteiger charge is 2.39. The molecule has 1 aliphatic heterocycles. The highest BCUT2D eigenvalue weighted by molar-refractivity contribution is 6.12. The zero-order valence-electron chi connectivity index (χ0n) is 38.7. The van der Waals surface area contributed by atoms with Gasteiger partial charge in [0.1, 0.15) is 22.3 Å². The molecule has 1 N–H and O–H groups in total. The van der Waals surface area contributed by atoms with Gasteiger partial charge in [0.25, 0.3) is 0 Å². The first-order valence-corrected chi connectivity index (χ1v) is 24.7. The van der Waals surface area contributed by atoms with Gasteiger partial charge in [-0.15, -0.1) is 0 Å². The number of para-hydroxylation sites is 4. The molecule has 15 rings (SSSR count). The molecule has 0 amide bonds. The predicted octanol–water partition coefficient (Wildman–Crippen LogP) is 18.3. The van der Waals surface area contributed by atoms with Gasteiger partial charge in [0.05, 0.1) is 11.0 Å². The maximum atomic E-state index is 6.24. The minimum absolute atomic E-state index is 0.310. The van der Waals surface area contributed by atoms with Crippen molar-refractivity contribution in [2.75, 3.05) is 10.2 Å². The highest BCUT2D eigenvalue weighted by Crippen LogP contribution is 2.51. The predicted molar refractivity (Wildman–Crippen MR) is 295 cm³/mol. The van der Waals surface area contributed by atoms with E-state index in [1.807, 2.05) is 18.2 Å². The van der Waals surface area contributed by atoms with Crippen molar-refractivity contribution in [2.45, 2.75) is 24.8 Å². The van der Waals surface area contributed by atoms with Crippen LogP contribution in [0.25, 0.3) is 105 Å². The Morgan fingerprint density at radius 3 is 1.80 bits per heavy atom. The summed E-state index contributed by atoms with van der Waals surface area (Å²) in [7, 11) is 0. The fourth-order valence-electron chi connectivity index (χ4n) is 11.9. The zero-order chi connectivity index (χ0) is 46.6. The summed E-state index contributed by atoms with van der Waals surface area (Å²) < 4.78 is 14.8. The van der Waals surface area contributed by atoms with Crippen molar-refractivity contribution in [3.63, 3.8) is 0 Å². The smallest absolute Gasteiger partial charge is 0.135 e. The summed E-state index contributed by atoms with van der Waals surface area (Å²) in [5, 5.41) is 10.8. The van der Waals surface area contributed by atoms with Crippen molar-refractivity contribution in [3.05, 3.63) is 236 Å². The average molecular weight is 912 g/mol. The van der Waals surface area contributed by atoms with E-state index in [0.717, 1.165) is 84.9 Å². The Morgan fingerprint density at radius 1 is 0.423 bits per heavy atom. The number of hydrogen-bond donors (Lipinski definition) is 1. The first-order valence-electron chi connectivity index (χ1n) is 24.7. The Balaban J connectivity index is 0.797. The molecule has 0 saturated heterocycles. The van der Waals surface area contributed by atoms with E-state index in [-0.39, 0.29) is 0 Å². The van der Waals surface area contributed by atoms with Crippen LogP contribution in [-0.2, 0) is 0 Å². The molecule has 1 aliphatic carbocycles. The second-order valence-corrected chi connectivity index (χ2v) is 19.2. The normalized spacial score (nSPS) is 15.4. The average Bonchev–Trinajstić information content (AvgIpc) is 4.18. The fraction of sp³-hybridized carbons (Fsp3) is 0.0606. The van der Waals surface area contributed by atoms with Gasteiger partial charge in [0.2, 0.25) is 0 Å². The monoisotopic (exact) mass is 911 g/mol. The topological polar surface area (TPSA) is 46.5 Å². The van der Waals surface area contributed by atoms with E-state index >= 15 is 0 Å². The summed E-state index contributed by atoms with van der Waals surface area (Å²) in [6.07, 6.45) is 7.00. The molecule has 5 heteroatoms. The SMILES string of the molecule is C1=CC2c3cc(-c4ccc(Nc5ccccc5)c(-c5ccc(-c6ccc7c(c6)c6ccccc6n7-c6ccc7oc8ccccc8c7c6)cc5)c4)ccc3N(c3ccc4oc5ccccc5c4c3)C2CC1. The molecule has 3 aromatic heterocycles. The Morgan fingerprint density at radius 2 is 1.01 bits per heavy atom. The summed E-state index contributed by atoms with van der Waals surface area (Å²) in [5.74, 6) is 0.310. The number of rotatable bonds is 7. The molecule has 0 radical (unpaired) electrons. The van der Waals surface area contributed by atoms with Crippen LogP contribution in [0.5, 0.6) is 0 Å². The Bertz CT molecular complexity index is 4290. The Labute approximate surface area is 410 Å². The van der Waals surface area contributed by atoms with Gasteiger partial charge >= 0.3 is 0 Å². The highest BCUT2D eigenvalue weighted by atomic mass is 16.3. The van der Waals surface area contributed by atoms with Crippen molar-refractivity contribution in [3.8, 4) is 39.1 Å². The number of furan rings is 2. The van der Waals surface area contributed by atoms with Crippen molar-refractivity contribution >= 4 is 88.4 Å². The lowest BCUT2D eigenvalue weighted by Gasteiger charge is -2.31. The lowest BCUT2D eigenvalue weighted by atomic mass is 9.86. The summed E-state index contributed by atoms with van der Waals surface area (Å²) >= 11 is 0. The van der Waals surface area contributed by atoms with Crippen molar-refractivity contribution in [1.82, 2.24) is 4.57 Å². The van der Waals surface area contributed by atoms with Crippen molar-refractivity contribution < 1.29 is 8.83 Å². The maximum absolute atomic E-state index is 6.24. The van der Waals surface area contributed by atoms with E-state index in [4.69, 9.17) is 8.83 Å². The molecule has 4 heterocycles. The number of nitrogens with one attached hydrogen (secondary N) is 1. The summed E-state index contributed by atoms with van der Waals surface area (Å²) in [5.41, 5.74) is 20.2. The minimum atomic E-state index is 0.310. The van der Waals surface area contributed by atoms with Gasteiger partial charge in [-0.3, -0.25) is 0 Å². The summed E-state index contributed by atoms with van der Waals surface area (Å²) in [6.45, 7) is 0. The van der Waals surface area contributed by atoms with Gasteiger partial charge in [-0.25, -0.2) is 0 Å². The third-order valence-corrected chi connectivity index (χ3v) is 15.2. The molecule has 2 aliphatic rings. The van der Waals surface area contributed by atoms with Gasteiger partial charge < -0.3 is 23.6 Å². The van der Waals surface area contributed by atoms with Crippen LogP contribution < -0.4 is 10.2 Å². The molecule has 0 spiro atoms. The molecule has 71 heavy (non-hydrogen) atoms. The first-order chi connectivity index (χ1) is 35.2. The largest absolute Gasteiger partial charge is 0.456 e. The van der Waals surface area contributed by atoms with E-state index < -0.39 is 0 Å². The van der Waals surface area contributed by atoms with Crippen LogP contribution in [-0.4, -0.2) is 10.6 Å².